The summed E-state index contributed by atoms with van der Waals surface area (Å²) in [7, 11) is 0. The molecule has 0 spiro atoms. The number of hydrogen-bond donors (Lipinski definition) is 2. The van der Waals surface area contributed by atoms with Gasteiger partial charge in [0.15, 0.2) is 0 Å². The Morgan fingerprint density at radius 3 is 2.47 bits per heavy atom. The minimum absolute atomic E-state index is 0.231. The molecule has 1 fully saturated rings. The molecule has 2 rings (SSSR count). The Kier molecular flexibility index (Phi) is 5.64. The molecule has 1 unspecified atom stereocenters. The van der Waals surface area contributed by atoms with Crippen molar-refractivity contribution < 1.29 is 5.11 Å². The quantitative estimate of drug-likeness (QED) is 0.808. The minimum Gasteiger partial charge on any atom is -0.396 e. The van der Waals surface area contributed by atoms with E-state index < -0.39 is 0 Å². The SMILES string of the molecule is NCC(c1ccc(Cl)cc1)N(CCCO)C1CCC1. The third-order valence-corrected chi connectivity index (χ3v) is 4.25. The van der Waals surface area contributed by atoms with Crippen LogP contribution in [0.15, 0.2) is 24.3 Å². The first-order valence-corrected chi connectivity index (χ1v) is 7.46. The van der Waals surface area contributed by atoms with Gasteiger partial charge in [0, 0.05) is 36.8 Å². The van der Waals surface area contributed by atoms with Gasteiger partial charge >= 0.3 is 0 Å². The number of halogens is 1. The van der Waals surface area contributed by atoms with E-state index in [4.69, 9.17) is 22.4 Å². The van der Waals surface area contributed by atoms with Crippen LogP contribution in [0.3, 0.4) is 0 Å². The summed E-state index contributed by atoms with van der Waals surface area (Å²) in [5.74, 6) is 0. The Morgan fingerprint density at radius 1 is 1.32 bits per heavy atom. The molecule has 0 aromatic heterocycles. The number of nitrogens with two attached hydrogens (primary N) is 1. The lowest BCUT2D eigenvalue weighted by Gasteiger charge is -2.42. The summed E-state index contributed by atoms with van der Waals surface area (Å²) in [5, 5.41) is 9.83. The van der Waals surface area contributed by atoms with E-state index in [1.54, 1.807) is 0 Å². The van der Waals surface area contributed by atoms with Crippen LogP contribution in [0, 0.1) is 0 Å². The zero-order valence-electron chi connectivity index (χ0n) is 11.3. The van der Waals surface area contributed by atoms with Crippen LogP contribution in [0.4, 0.5) is 0 Å². The van der Waals surface area contributed by atoms with E-state index in [9.17, 15) is 0 Å². The van der Waals surface area contributed by atoms with Crippen LogP contribution in [-0.4, -0.2) is 35.7 Å². The highest BCUT2D eigenvalue weighted by molar-refractivity contribution is 6.30. The van der Waals surface area contributed by atoms with Crippen LogP contribution in [0.2, 0.25) is 5.02 Å². The smallest absolute Gasteiger partial charge is 0.0473 e. The van der Waals surface area contributed by atoms with Gasteiger partial charge in [0.1, 0.15) is 0 Å². The highest BCUT2D eigenvalue weighted by Gasteiger charge is 2.30. The van der Waals surface area contributed by atoms with Gasteiger partial charge in [-0.1, -0.05) is 30.2 Å². The van der Waals surface area contributed by atoms with Crippen molar-refractivity contribution in [2.45, 2.75) is 37.8 Å². The molecule has 19 heavy (non-hydrogen) atoms. The molecule has 3 nitrogen and oxygen atoms in total. The predicted molar refractivity (Wildman–Crippen MR) is 79.3 cm³/mol. The summed E-state index contributed by atoms with van der Waals surface area (Å²) < 4.78 is 0. The van der Waals surface area contributed by atoms with E-state index in [-0.39, 0.29) is 12.6 Å². The molecule has 1 aliphatic carbocycles. The molecule has 106 valence electrons. The Morgan fingerprint density at radius 2 is 2.00 bits per heavy atom. The first-order chi connectivity index (χ1) is 9.26. The normalized spacial score (nSPS) is 17.5. The lowest BCUT2D eigenvalue weighted by molar-refractivity contribution is 0.0743. The van der Waals surface area contributed by atoms with E-state index in [0.29, 0.717) is 12.6 Å². The Labute approximate surface area is 120 Å². The standard InChI is InChI=1S/C15H23ClN2O/c16-13-7-5-12(6-8-13)15(11-17)18(9-2-10-19)14-3-1-4-14/h5-8,14-15,19H,1-4,9-11,17H2. The van der Waals surface area contributed by atoms with Crippen LogP contribution < -0.4 is 5.73 Å². The van der Waals surface area contributed by atoms with Gasteiger partial charge in [-0.05, 0) is 37.0 Å². The summed E-state index contributed by atoms with van der Waals surface area (Å²) >= 11 is 5.95. The van der Waals surface area contributed by atoms with Crippen molar-refractivity contribution in [1.29, 1.82) is 0 Å². The van der Waals surface area contributed by atoms with Gasteiger partial charge in [0.2, 0.25) is 0 Å². The highest BCUT2D eigenvalue weighted by atomic mass is 35.5. The molecular formula is C15H23ClN2O. The van der Waals surface area contributed by atoms with Crippen molar-refractivity contribution in [3.05, 3.63) is 34.9 Å². The zero-order valence-corrected chi connectivity index (χ0v) is 12.0. The molecule has 0 aliphatic heterocycles. The van der Waals surface area contributed by atoms with Crippen LogP contribution in [0.5, 0.6) is 0 Å². The fourth-order valence-electron chi connectivity index (χ4n) is 2.71. The van der Waals surface area contributed by atoms with Gasteiger partial charge in [0.25, 0.3) is 0 Å². The topological polar surface area (TPSA) is 49.5 Å². The van der Waals surface area contributed by atoms with E-state index >= 15 is 0 Å². The van der Waals surface area contributed by atoms with Crippen molar-refractivity contribution in [1.82, 2.24) is 4.90 Å². The molecule has 4 heteroatoms. The maximum atomic E-state index is 9.07. The Hall–Kier alpha value is -0.610. The van der Waals surface area contributed by atoms with E-state index in [1.165, 1.54) is 24.8 Å². The van der Waals surface area contributed by atoms with Crippen LogP contribution in [0.1, 0.15) is 37.3 Å². The number of nitrogens with zero attached hydrogens (tertiary/aromatic N) is 1. The van der Waals surface area contributed by atoms with Crippen molar-refractivity contribution in [2.75, 3.05) is 19.7 Å². The molecule has 0 saturated heterocycles. The number of aliphatic hydroxyl groups excluding tert-OH is 1. The average Bonchev–Trinajstić information content (AvgIpc) is 2.36. The second-order valence-corrected chi connectivity index (χ2v) is 5.64. The van der Waals surface area contributed by atoms with Crippen LogP contribution in [-0.2, 0) is 0 Å². The van der Waals surface area contributed by atoms with Crippen molar-refractivity contribution in [3.8, 4) is 0 Å². The molecule has 0 amide bonds. The Bertz CT molecular complexity index is 378. The summed E-state index contributed by atoms with van der Waals surface area (Å²) in [6, 6.07) is 8.81. The fourth-order valence-corrected chi connectivity index (χ4v) is 2.84. The second-order valence-electron chi connectivity index (χ2n) is 5.20. The van der Waals surface area contributed by atoms with Crippen LogP contribution in [0.25, 0.3) is 0 Å². The second kappa shape index (κ2) is 7.25. The zero-order chi connectivity index (χ0) is 13.7. The third kappa shape index (κ3) is 3.69. The molecule has 0 bridgehead atoms. The maximum absolute atomic E-state index is 9.07. The monoisotopic (exact) mass is 282 g/mol. The lowest BCUT2D eigenvalue weighted by atomic mass is 9.89. The van der Waals surface area contributed by atoms with Gasteiger partial charge in [-0.3, -0.25) is 4.90 Å². The molecular weight excluding hydrogens is 260 g/mol. The van der Waals surface area contributed by atoms with Crippen LogP contribution >= 0.6 is 11.6 Å². The number of benzene rings is 1. The molecule has 1 atom stereocenters. The van der Waals surface area contributed by atoms with E-state index in [1.807, 2.05) is 12.1 Å². The highest BCUT2D eigenvalue weighted by Crippen LogP contribution is 2.32. The molecule has 1 aliphatic rings. The average molecular weight is 283 g/mol. The van der Waals surface area contributed by atoms with Crippen molar-refractivity contribution >= 4 is 11.6 Å². The molecule has 0 heterocycles. The van der Waals surface area contributed by atoms with Crippen molar-refractivity contribution in [2.24, 2.45) is 5.73 Å². The summed E-state index contributed by atoms with van der Waals surface area (Å²) in [6.45, 7) is 1.75. The van der Waals surface area contributed by atoms with Gasteiger partial charge in [-0.15, -0.1) is 0 Å². The lowest BCUT2D eigenvalue weighted by Crippen LogP contribution is -2.45. The van der Waals surface area contributed by atoms with Gasteiger partial charge in [-0.2, -0.15) is 0 Å². The summed E-state index contributed by atoms with van der Waals surface area (Å²) in [6.07, 6.45) is 4.60. The minimum atomic E-state index is 0.231. The first kappa shape index (κ1) is 14.8. The van der Waals surface area contributed by atoms with E-state index in [2.05, 4.69) is 17.0 Å². The maximum Gasteiger partial charge on any atom is 0.0473 e. The molecule has 3 N–H and O–H groups in total. The Balaban J connectivity index is 2.12. The predicted octanol–water partition coefficient (Wildman–Crippen LogP) is 2.58. The number of aliphatic hydroxyl groups is 1. The van der Waals surface area contributed by atoms with Crippen molar-refractivity contribution in [3.63, 3.8) is 0 Å². The number of rotatable bonds is 7. The third-order valence-electron chi connectivity index (χ3n) is 4.00. The number of hydrogen-bond acceptors (Lipinski definition) is 3. The molecule has 1 aromatic carbocycles. The largest absolute Gasteiger partial charge is 0.396 e. The van der Waals surface area contributed by atoms with E-state index in [0.717, 1.165) is 18.0 Å². The summed E-state index contributed by atoms with van der Waals surface area (Å²) in [5.41, 5.74) is 7.21. The fraction of sp³-hybridized carbons (Fsp3) is 0.600. The molecule has 1 aromatic rings. The first-order valence-electron chi connectivity index (χ1n) is 7.08. The molecule has 1 saturated carbocycles. The van der Waals surface area contributed by atoms with Gasteiger partial charge in [0.05, 0.1) is 0 Å². The van der Waals surface area contributed by atoms with Gasteiger partial charge < -0.3 is 10.8 Å². The van der Waals surface area contributed by atoms with Gasteiger partial charge in [-0.25, -0.2) is 0 Å². The summed E-state index contributed by atoms with van der Waals surface area (Å²) in [4.78, 5) is 2.46. The molecule has 0 radical (unpaired) electrons.